The van der Waals surface area contributed by atoms with Gasteiger partial charge in [0.15, 0.2) is 0 Å². The van der Waals surface area contributed by atoms with Crippen molar-refractivity contribution in [3.63, 3.8) is 0 Å². The van der Waals surface area contributed by atoms with Gasteiger partial charge >= 0.3 is 5.97 Å². The van der Waals surface area contributed by atoms with Gasteiger partial charge in [-0.2, -0.15) is 0 Å². The Bertz CT molecular complexity index is 1180. The van der Waals surface area contributed by atoms with Crippen LogP contribution in [0.1, 0.15) is 30.0 Å². The normalized spacial score (nSPS) is 22.7. The Kier molecular flexibility index (Phi) is 12.1. The molecule has 0 saturated carbocycles. The Morgan fingerprint density at radius 2 is 1.20 bits per heavy atom. The summed E-state index contributed by atoms with van der Waals surface area (Å²) in [6, 6.07) is 28.8. The summed E-state index contributed by atoms with van der Waals surface area (Å²) in [5.74, 6) is -0.331. The van der Waals surface area contributed by atoms with E-state index in [2.05, 4.69) is 11.5 Å². The van der Waals surface area contributed by atoms with Crippen molar-refractivity contribution in [2.45, 2.75) is 63.6 Å². The van der Waals surface area contributed by atoms with Crippen LogP contribution in [0.3, 0.4) is 0 Å². The Morgan fingerprint density at radius 3 is 1.61 bits per heavy atom. The molecule has 1 heterocycles. The minimum Gasteiger partial charge on any atom is -0.466 e. The van der Waals surface area contributed by atoms with Gasteiger partial charge in [0.25, 0.3) is 0 Å². The molecule has 7 nitrogen and oxygen atoms in total. The largest absolute Gasteiger partial charge is 0.466 e. The minimum atomic E-state index is -0.583. The third kappa shape index (κ3) is 8.58. The van der Waals surface area contributed by atoms with Gasteiger partial charge in [-0.1, -0.05) is 97.1 Å². The van der Waals surface area contributed by atoms with Crippen molar-refractivity contribution in [3.05, 3.63) is 120 Å². The molecule has 5 atom stereocenters. The summed E-state index contributed by atoms with van der Waals surface area (Å²) < 4.78 is 25.2. The monoisotopic (exact) mass is 559 g/mol. The SMILES string of the molecule is C=CCN1[C@@H](CC(=O)OCC)[C@H](OCc2ccccc2)[C@@H](OCc2ccccc2)[C@H](OCc2ccccc2)[C@@H]1CO. The fourth-order valence-electron chi connectivity index (χ4n) is 5.40. The average Bonchev–Trinajstić information content (AvgIpc) is 3.01. The first-order chi connectivity index (χ1) is 20.1. The number of benzene rings is 3. The third-order valence-electron chi connectivity index (χ3n) is 7.32. The fraction of sp³-hybridized carbons (Fsp3) is 0.382. The maximum atomic E-state index is 12.9. The van der Waals surface area contributed by atoms with Gasteiger partial charge in [0.1, 0.15) is 18.3 Å². The first-order valence-electron chi connectivity index (χ1n) is 14.2. The first kappa shape index (κ1) is 30.6. The number of hydrogen-bond acceptors (Lipinski definition) is 7. The Labute approximate surface area is 243 Å². The van der Waals surface area contributed by atoms with E-state index in [0.29, 0.717) is 26.4 Å². The molecule has 0 unspecified atom stereocenters. The van der Waals surface area contributed by atoms with Crippen LogP contribution in [-0.4, -0.2) is 66.1 Å². The zero-order valence-electron chi connectivity index (χ0n) is 23.7. The van der Waals surface area contributed by atoms with E-state index < -0.39 is 30.4 Å². The van der Waals surface area contributed by atoms with Crippen LogP contribution in [0, 0.1) is 0 Å². The molecule has 7 heteroatoms. The Hall–Kier alpha value is -3.33. The van der Waals surface area contributed by atoms with E-state index in [4.69, 9.17) is 18.9 Å². The van der Waals surface area contributed by atoms with Gasteiger partial charge in [0.05, 0.1) is 45.5 Å². The van der Waals surface area contributed by atoms with E-state index in [1.54, 1.807) is 13.0 Å². The number of carbonyl (C=O) groups excluding carboxylic acids is 1. The van der Waals surface area contributed by atoms with Crippen LogP contribution >= 0.6 is 0 Å². The van der Waals surface area contributed by atoms with Gasteiger partial charge in [-0.05, 0) is 23.6 Å². The van der Waals surface area contributed by atoms with Crippen molar-refractivity contribution in [2.24, 2.45) is 0 Å². The highest BCUT2D eigenvalue weighted by Gasteiger charge is 2.51. The van der Waals surface area contributed by atoms with Crippen molar-refractivity contribution in [2.75, 3.05) is 19.8 Å². The molecule has 0 aromatic heterocycles. The smallest absolute Gasteiger partial charge is 0.307 e. The predicted molar refractivity (Wildman–Crippen MR) is 158 cm³/mol. The number of nitrogens with zero attached hydrogens (tertiary/aromatic N) is 1. The number of piperidine rings is 1. The second-order valence-electron chi connectivity index (χ2n) is 10.1. The number of hydrogen-bond donors (Lipinski definition) is 1. The lowest BCUT2D eigenvalue weighted by atomic mass is 9.85. The Balaban J connectivity index is 1.71. The lowest BCUT2D eigenvalue weighted by Gasteiger charge is -2.52. The minimum absolute atomic E-state index is 0.0776. The van der Waals surface area contributed by atoms with Crippen molar-refractivity contribution >= 4 is 5.97 Å². The van der Waals surface area contributed by atoms with Crippen LogP contribution in [0.5, 0.6) is 0 Å². The predicted octanol–water partition coefficient (Wildman–Crippen LogP) is 4.93. The lowest BCUT2D eigenvalue weighted by molar-refractivity contribution is -0.227. The van der Waals surface area contributed by atoms with E-state index in [1.807, 2.05) is 91.0 Å². The summed E-state index contributed by atoms with van der Waals surface area (Å²) >= 11 is 0. The number of aliphatic hydroxyl groups excluding tert-OH is 1. The van der Waals surface area contributed by atoms with E-state index in [-0.39, 0.29) is 25.6 Å². The number of esters is 1. The number of rotatable bonds is 15. The van der Waals surface area contributed by atoms with Crippen molar-refractivity contribution in [3.8, 4) is 0 Å². The van der Waals surface area contributed by atoms with Crippen LogP contribution in [0.4, 0.5) is 0 Å². The zero-order valence-corrected chi connectivity index (χ0v) is 23.7. The lowest BCUT2D eigenvalue weighted by Crippen LogP contribution is -2.69. The van der Waals surface area contributed by atoms with Crippen LogP contribution in [-0.2, 0) is 43.6 Å². The zero-order chi connectivity index (χ0) is 28.9. The third-order valence-corrected chi connectivity index (χ3v) is 7.32. The van der Waals surface area contributed by atoms with Crippen LogP contribution in [0.2, 0.25) is 0 Å². The molecular formula is C34H41NO6. The van der Waals surface area contributed by atoms with Gasteiger partial charge in [0.2, 0.25) is 0 Å². The highest BCUT2D eigenvalue weighted by molar-refractivity contribution is 5.70. The number of carbonyl (C=O) groups is 1. The van der Waals surface area contributed by atoms with Gasteiger partial charge in [-0.25, -0.2) is 0 Å². The maximum absolute atomic E-state index is 12.9. The second kappa shape index (κ2) is 16.2. The van der Waals surface area contributed by atoms with Crippen LogP contribution in [0.25, 0.3) is 0 Å². The highest BCUT2D eigenvalue weighted by Crippen LogP contribution is 2.34. The summed E-state index contributed by atoms with van der Waals surface area (Å²) in [7, 11) is 0. The Morgan fingerprint density at radius 1 is 0.756 bits per heavy atom. The molecule has 0 aliphatic carbocycles. The van der Waals surface area contributed by atoms with Gasteiger partial charge in [-0.15, -0.1) is 6.58 Å². The molecule has 4 rings (SSSR count). The second-order valence-corrected chi connectivity index (χ2v) is 10.1. The molecule has 41 heavy (non-hydrogen) atoms. The molecule has 1 aliphatic heterocycles. The molecule has 218 valence electrons. The summed E-state index contributed by atoms with van der Waals surface area (Å²) in [5.41, 5.74) is 3.02. The standard InChI is InChI=1S/C34H41NO6/c1-3-20-35-29(21-31(37)38-4-2)32(39-23-26-14-8-5-9-15-26)34(41-25-28-18-12-7-13-19-28)33(30(35)22-36)40-24-27-16-10-6-11-17-27/h3,5-19,29-30,32-34,36H,1,4,20-25H2,2H3/t29-,30-,32-,33+,34+/m0/s1. The van der Waals surface area contributed by atoms with E-state index in [1.165, 1.54) is 0 Å². The maximum Gasteiger partial charge on any atom is 0.307 e. The van der Waals surface area contributed by atoms with Crippen molar-refractivity contribution < 1.29 is 28.8 Å². The fourth-order valence-corrected chi connectivity index (χ4v) is 5.40. The summed E-state index contributed by atoms with van der Waals surface area (Å²) in [5, 5.41) is 10.7. The molecule has 3 aromatic carbocycles. The molecule has 0 radical (unpaired) electrons. The molecule has 1 saturated heterocycles. The molecule has 0 amide bonds. The van der Waals surface area contributed by atoms with Crippen molar-refractivity contribution in [1.29, 1.82) is 0 Å². The molecular weight excluding hydrogens is 518 g/mol. The molecule has 3 aromatic rings. The summed E-state index contributed by atoms with van der Waals surface area (Å²) in [6.07, 6.45) is 0.151. The summed E-state index contributed by atoms with van der Waals surface area (Å²) in [6.45, 7) is 7.25. The van der Waals surface area contributed by atoms with Crippen LogP contribution in [0.15, 0.2) is 104 Å². The molecule has 1 aliphatic rings. The van der Waals surface area contributed by atoms with E-state index in [0.717, 1.165) is 16.7 Å². The highest BCUT2D eigenvalue weighted by atomic mass is 16.6. The number of aliphatic hydroxyl groups is 1. The van der Waals surface area contributed by atoms with Crippen molar-refractivity contribution in [1.82, 2.24) is 4.90 Å². The van der Waals surface area contributed by atoms with E-state index in [9.17, 15) is 9.90 Å². The molecule has 0 bridgehead atoms. The molecule has 0 spiro atoms. The molecule has 1 fully saturated rings. The van der Waals surface area contributed by atoms with Gasteiger partial charge in [0, 0.05) is 12.6 Å². The van der Waals surface area contributed by atoms with Gasteiger partial charge < -0.3 is 24.1 Å². The quantitative estimate of drug-likeness (QED) is 0.209. The van der Waals surface area contributed by atoms with Gasteiger partial charge in [-0.3, -0.25) is 9.69 Å². The number of ether oxygens (including phenoxy) is 4. The summed E-state index contributed by atoms with van der Waals surface area (Å²) in [4.78, 5) is 14.9. The first-order valence-corrected chi connectivity index (χ1v) is 14.2. The van der Waals surface area contributed by atoms with Crippen LogP contribution < -0.4 is 0 Å². The van der Waals surface area contributed by atoms with E-state index >= 15 is 0 Å². The molecule has 1 N–H and O–H groups in total. The average molecular weight is 560 g/mol. The topological polar surface area (TPSA) is 77.5 Å². The number of likely N-dealkylation sites (tertiary alicyclic amines) is 1.